The number of aliphatic hydroxyl groups is 1. The van der Waals surface area contributed by atoms with Gasteiger partial charge >= 0.3 is 5.97 Å². The van der Waals surface area contributed by atoms with Crippen LogP contribution in [0.1, 0.15) is 25.0 Å². The molecule has 6 heteroatoms. The topological polar surface area (TPSA) is 75.6 Å². The number of benzene rings is 1. The van der Waals surface area contributed by atoms with Gasteiger partial charge in [0, 0.05) is 18.5 Å². The van der Waals surface area contributed by atoms with Crippen molar-refractivity contribution in [3.63, 3.8) is 0 Å². The molecule has 1 atom stereocenters. The first kappa shape index (κ1) is 15.5. The number of hydrogen-bond acceptors (Lipinski definition) is 4. The lowest BCUT2D eigenvalue weighted by Crippen LogP contribution is -2.30. The average Bonchev–Trinajstić information content (AvgIpc) is 2.36. The first-order valence-corrected chi connectivity index (χ1v) is 6.20. The molecule has 1 rings (SSSR count). The molecule has 104 valence electrons. The Morgan fingerprint density at radius 1 is 1.47 bits per heavy atom. The molecule has 19 heavy (non-hydrogen) atoms. The van der Waals surface area contributed by atoms with Crippen molar-refractivity contribution in [2.45, 2.75) is 19.4 Å². The van der Waals surface area contributed by atoms with Gasteiger partial charge in [-0.15, -0.1) is 0 Å². The number of esters is 1. The number of ether oxygens (including phenoxy) is 1. The van der Waals surface area contributed by atoms with Gasteiger partial charge in [0.1, 0.15) is 0 Å². The molecule has 5 nitrogen and oxygen atoms in total. The van der Waals surface area contributed by atoms with Gasteiger partial charge in [0.15, 0.2) is 6.61 Å². The molecule has 0 aliphatic heterocycles. The second-order valence-corrected chi connectivity index (χ2v) is 4.43. The molecule has 0 spiro atoms. The van der Waals surface area contributed by atoms with Gasteiger partial charge in [0.25, 0.3) is 5.91 Å². The third-order valence-electron chi connectivity index (χ3n) is 2.38. The number of carbonyl (C=O) groups excluding carboxylic acids is 2. The third kappa shape index (κ3) is 6.22. The lowest BCUT2D eigenvalue weighted by atomic mass is 10.1. The van der Waals surface area contributed by atoms with Crippen LogP contribution in [-0.2, 0) is 14.3 Å². The molecule has 0 fully saturated rings. The van der Waals surface area contributed by atoms with Gasteiger partial charge in [-0.05, 0) is 24.1 Å². The highest BCUT2D eigenvalue weighted by molar-refractivity contribution is 6.30. The van der Waals surface area contributed by atoms with Crippen molar-refractivity contribution < 1.29 is 19.4 Å². The number of aliphatic hydroxyl groups excluding tert-OH is 1. The molecule has 1 aromatic rings. The van der Waals surface area contributed by atoms with E-state index < -0.39 is 18.0 Å². The molecule has 0 aliphatic rings. The van der Waals surface area contributed by atoms with E-state index >= 15 is 0 Å². The standard InChI is InChI=1S/C13H16ClNO4/c1-9(16)19-8-13(18)15-6-5-12(17)10-3-2-4-11(14)7-10/h2-4,7,12,17H,5-6,8H2,1H3,(H,15,18)/t12-/m0/s1. The van der Waals surface area contributed by atoms with E-state index in [1.54, 1.807) is 24.3 Å². The third-order valence-corrected chi connectivity index (χ3v) is 2.62. The summed E-state index contributed by atoms with van der Waals surface area (Å²) in [6.07, 6.45) is -0.348. The van der Waals surface area contributed by atoms with Crippen LogP contribution in [0.3, 0.4) is 0 Å². The lowest BCUT2D eigenvalue weighted by molar-refractivity contribution is -0.146. The molecular formula is C13H16ClNO4. The largest absolute Gasteiger partial charge is 0.456 e. The smallest absolute Gasteiger partial charge is 0.303 e. The van der Waals surface area contributed by atoms with Crippen LogP contribution in [0.15, 0.2) is 24.3 Å². The summed E-state index contributed by atoms with van der Waals surface area (Å²) in [7, 11) is 0. The van der Waals surface area contributed by atoms with E-state index in [1.807, 2.05) is 0 Å². The van der Waals surface area contributed by atoms with E-state index in [1.165, 1.54) is 6.92 Å². The first-order chi connectivity index (χ1) is 8.99. The fourth-order valence-corrected chi connectivity index (χ4v) is 1.65. The van der Waals surface area contributed by atoms with Crippen molar-refractivity contribution in [2.75, 3.05) is 13.2 Å². The lowest BCUT2D eigenvalue weighted by Gasteiger charge is -2.12. The summed E-state index contributed by atoms with van der Waals surface area (Å²) in [5.74, 6) is -0.900. The summed E-state index contributed by atoms with van der Waals surface area (Å²) in [5, 5.41) is 13.0. The zero-order chi connectivity index (χ0) is 14.3. The minimum absolute atomic E-state index is 0.285. The first-order valence-electron chi connectivity index (χ1n) is 5.82. The molecule has 0 saturated heterocycles. The van der Waals surface area contributed by atoms with E-state index in [2.05, 4.69) is 10.1 Å². The van der Waals surface area contributed by atoms with Crippen molar-refractivity contribution in [2.24, 2.45) is 0 Å². The molecule has 2 N–H and O–H groups in total. The summed E-state index contributed by atoms with van der Waals surface area (Å²) in [5.41, 5.74) is 0.696. The van der Waals surface area contributed by atoms with Gasteiger partial charge in [-0.3, -0.25) is 9.59 Å². The second-order valence-electron chi connectivity index (χ2n) is 3.99. The number of rotatable bonds is 6. The SMILES string of the molecule is CC(=O)OCC(=O)NCC[C@H](O)c1cccc(Cl)c1. The normalized spacial score (nSPS) is 11.7. The van der Waals surface area contributed by atoms with Gasteiger partial charge in [0.2, 0.25) is 0 Å². The Labute approximate surface area is 116 Å². The van der Waals surface area contributed by atoms with Crippen LogP contribution in [0.2, 0.25) is 5.02 Å². The van der Waals surface area contributed by atoms with Crippen molar-refractivity contribution >= 4 is 23.5 Å². The maximum Gasteiger partial charge on any atom is 0.303 e. The van der Waals surface area contributed by atoms with Crippen LogP contribution in [0.5, 0.6) is 0 Å². The van der Waals surface area contributed by atoms with E-state index in [4.69, 9.17) is 11.6 Å². The molecule has 0 heterocycles. The molecule has 0 bridgehead atoms. The molecule has 0 aliphatic carbocycles. The quantitative estimate of drug-likeness (QED) is 0.776. The van der Waals surface area contributed by atoms with Crippen LogP contribution in [0.25, 0.3) is 0 Å². The highest BCUT2D eigenvalue weighted by Crippen LogP contribution is 2.19. The second kappa shape index (κ2) is 7.76. The Morgan fingerprint density at radius 3 is 2.84 bits per heavy atom. The van der Waals surface area contributed by atoms with Gasteiger partial charge in [-0.1, -0.05) is 23.7 Å². The van der Waals surface area contributed by atoms with Gasteiger partial charge in [-0.25, -0.2) is 0 Å². The fourth-order valence-electron chi connectivity index (χ4n) is 1.45. The molecule has 1 aromatic carbocycles. The fraction of sp³-hybridized carbons (Fsp3) is 0.385. The summed E-state index contributed by atoms with van der Waals surface area (Å²) < 4.78 is 4.53. The number of halogens is 1. The Kier molecular flexibility index (Phi) is 6.32. The zero-order valence-corrected chi connectivity index (χ0v) is 11.3. The van der Waals surface area contributed by atoms with Crippen LogP contribution >= 0.6 is 11.6 Å². The van der Waals surface area contributed by atoms with Crippen molar-refractivity contribution in [3.05, 3.63) is 34.9 Å². The van der Waals surface area contributed by atoms with Gasteiger partial charge < -0.3 is 15.2 Å². The summed E-state index contributed by atoms with van der Waals surface area (Å²) >= 11 is 5.81. The van der Waals surface area contributed by atoms with Gasteiger partial charge in [-0.2, -0.15) is 0 Å². The monoisotopic (exact) mass is 285 g/mol. The van der Waals surface area contributed by atoms with Crippen molar-refractivity contribution in [1.29, 1.82) is 0 Å². The van der Waals surface area contributed by atoms with E-state index in [0.717, 1.165) is 0 Å². The van der Waals surface area contributed by atoms with Crippen molar-refractivity contribution in [3.8, 4) is 0 Å². The summed E-state index contributed by atoms with van der Waals surface area (Å²) in [4.78, 5) is 21.7. The van der Waals surface area contributed by atoms with Crippen LogP contribution < -0.4 is 5.32 Å². The molecule has 1 amide bonds. The highest BCUT2D eigenvalue weighted by atomic mass is 35.5. The number of amides is 1. The van der Waals surface area contributed by atoms with E-state index in [-0.39, 0.29) is 13.2 Å². The Morgan fingerprint density at radius 2 is 2.21 bits per heavy atom. The Balaban J connectivity index is 2.29. The Hall–Kier alpha value is -1.59. The minimum Gasteiger partial charge on any atom is -0.456 e. The molecule has 0 saturated carbocycles. The van der Waals surface area contributed by atoms with E-state index in [9.17, 15) is 14.7 Å². The molecule has 0 radical (unpaired) electrons. The zero-order valence-electron chi connectivity index (χ0n) is 10.6. The van der Waals surface area contributed by atoms with E-state index in [0.29, 0.717) is 17.0 Å². The molecule has 0 unspecified atom stereocenters. The summed E-state index contributed by atoms with van der Waals surface area (Å²) in [6.45, 7) is 1.21. The van der Waals surface area contributed by atoms with Gasteiger partial charge in [0.05, 0.1) is 6.10 Å². The van der Waals surface area contributed by atoms with Crippen molar-refractivity contribution in [1.82, 2.24) is 5.32 Å². The number of nitrogens with one attached hydrogen (secondary N) is 1. The number of carbonyl (C=O) groups is 2. The average molecular weight is 286 g/mol. The van der Waals surface area contributed by atoms with Crippen LogP contribution in [0, 0.1) is 0 Å². The van der Waals surface area contributed by atoms with Crippen LogP contribution in [-0.4, -0.2) is 30.1 Å². The maximum absolute atomic E-state index is 11.2. The molecular weight excluding hydrogens is 270 g/mol. The number of hydrogen-bond donors (Lipinski definition) is 2. The Bertz CT molecular complexity index is 450. The summed E-state index contributed by atoms with van der Waals surface area (Å²) in [6, 6.07) is 6.91. The highest BCUT2D eigenvalue weighted by Gasteiger charge is 2.09. The predicted molar refractivity (Wildman–Crippen MR) is 70.7 cm³/mol. The maximum atomic E-state index is 11.2. The molecule has 0 aromatic heterocycles. The predicted octanol–water partition coefficient (Wildman–Crippen LogP) is 1.44. The van der Waals surface area contributed by atoms with Crippen LogP contribution in [0.4, 0.5) is 0 Å². The minimum atomic E-state index is -0.701.